The molecule has 0 aliphatic carbocycles. The highest BCUT2D eigenvalue weighted by molar-refractivity contribution is 8.04. The molecule has 5 nitrogen and oxygen atoms in total. The third kappa shape index (κ3) is 6.22. The van der Waals surface area contributed by atoms with Gasteiger partial charge in [0.25, 0.3) is 5.91 Å². The number of aromatic nitrogens is 1. The number of nitrogens with zero attached hydrogens (tertiary/aromatic N) is 4. The van der Waals surface area contributed by atoms with Crippen molar-refractivity contribution in [1.82, 2.24) is 14.8 Å². The standard InChI is InChI=1S/C29H29F3N4OS/c30-29(31,32)24-11-6-10-23(21-24)28-36(27(37)25(38-28)20-22-8-2-1-3-9-22)15-7-14-34-16-18-35(19-17-34)26-12-4-5-13-33-26/h1-6,8-13,20-21,28H,7,14-19H2/b25-20+. The van der Waals surface area contributed by atoms with Crippen molar-refractivity contribution in [1.29, 1.82) is 0 Å². The van der Waals surface area contributed by atoms with Crippen LogP contribution in [0.3, 0.4) is 0 Å². The molecule has 2 fully saturated rings. The van der Waals surface area contributed by atoms with Gasteiger partial charge in [-0.2, -0.15) is 13.2 Å². The molecule has 1 atom stereocenters. The van der Waals surface area contributed by atoms with Crippen molar-refractivity contribution >= 4 is 29.6 Å². The van der Waals surface area contributed by atoms with Crippen molar-refractivity contribution in [3.05, 3.63) is 101 Å². The monoisotopic (exact) mass is 538 g/mol. The topological polar surface area (TPSA) is 39.7 Å². The van der Waals surface area contributed by atoms with Gasteiger partial charge in [0.1, 0.15) is 11.2 Å². The second kappa shape index (κ2) is 11.6. The number of carbonyl (C=O) groups excluding carboxylic acids is 1. The number of benzene rings is 2. The highest BCUT2D eigenvalue weighted by Crippen LogP contribution is 2.47. The molecule has 0 radical (unpaired) electrons. The summed E-state index contributed by atoms with van der Waals surface area (Å²) in [4.78, 5) is 24.8. The van der Waals surface area contributed by atoms with Gasteiger partial charge in [-0.1, -0.05) is 60.3 Å². The lowest BCUT2D eigenvalue weighted by Gasteiger charge is -2.35. The van der Waals surface area contributed by atoms with Gasteiger partial charge in [0.05, 0.1) is 10.5 Å². The first-order valence-corrected chi connectivity index (χ1v) is 13.6. The van der Waals surface area contributed by atoms with E-state index < -0.39 is 17.1 Å². The van der Waals surface area contributed by atoms with Crippen molar-refractivity contribution in [2.24, 2.45) is 0 Å². The number of hydrogen-bond donors (Lipinski definition) is 0. The Bertz CT molecular complexity index is 1260. The van der Waals surface area contributed by atoms with Gasteiger partial charge >= 0.3 is 6.18 Å². The van der Waals surface area contributed by atoms with Crippen LogP contribution in [0.5, 0.6) is 0 Å². The fourth-order valence-corrected chi connectivity index (χ4v) is 6.09. The molecule has 1 unspecified atom stereocenters. The van der Waals surface area contributed by atoms with Crippen LogP contribution >= 0.6 is 11.8 Å². The van der Waals surface area contributed by atoms with Gasteiger partial charge in [0, 0.05) is 38.9 Å². The summed E-state index contributed by atoms with van der Waals surface area (Å²) in [5.74, 6) is 0.842. The van der Waals surface area contributed by atoms with E-state index in [0.717, 1.165) is 56.6 Å². The smallest absolute Gasteiger partial charge is 0.354 e. The average Bonchev–Trinajstić information content (AvgIpc) is 3.24. The van der Waals surface area contributed by atoms with E-state index in [1.54, 1.807) is 17.2 Å². The van der Waals surface area contributed by atoms with Crippen LogP contribution in [0.15, 0.2) is 83.9 Å². The SMILES string of the molecule is O=C1/C(=C\c2ccccc2)SC(c2cccc(C(F)(F)F)c2)N1CCCN1CCN(c2ccccn2)CC1. The zero-order chi connectivity index (χ0) is 26.5. The lowest BCUT2D eigenvalue weighted by atomic mass is 10.1. The fraction of sp³-hybridized carbons (Fsp3) is 0.310. The lowest BCUT2D eigenvalue weighted by Crippen LogP contribution is -2.47. The third-order valence-electron chi connectivity index (χ3n) is 6.81. The summed E-state index contributed by atoms with van der Waals surface area (Å²) in [7, 11) is 0. The summed E-state index contributed by atoms with van der Waals surface area (Å²) < 4.78 is 40.3. The summed E-state index contributed by atoms with van der Waals surface area (Å²) in [6, 6.07) is 20.8. The van der Waals surface area contributed by atoms with E-state index in [0.29, 0.717) is 17.0 Å². The number of anilines is 1. The van der Waals surface area contributed by atoms with Crippen LogP contribution < -0.4 is 4.90 Å². The molecule has 3 aromatic rings. The number of rotatable bonds is 7. The quantitative estimate of drug-likeness (QED) is 0.349. The predicted molar refractivity (Wildman–Crippen MR) is 145 cm³/mol. The minimum absolute atomic E-state index is 0.138. The number of thioether (sulfide) groups is 1. The van der Waals surface area contributed by atoms with Gasteiger partial charge in [-0.3, -0.25) is 9.69 Å². The van der Waals surface area contributed by atoms with Crippen LogP contribution in [-0.2, 0) is 11.0 Å². The molecule has 2 aliphatic rings. The third-order valence-corrected chi connectivity index (χ3v) is 8.10. The molecule has 0 N–H and O–H groups in total. The Kier molecular flexibility index (Phi) is 8.04. The molecule has 0 spiro atoms. The normalized spacial score (nSPS) is 19.9. The zero-order valence-electron chi connectivity index (χ0n) is 20.8. The largest absolute Gasteiger partial charge is 0.416 e. The summed E-state index contributed by atoms with van der Waals surface area (Å²) >= 11 is 1.32. The Hall–Kier alpha value is -3.30. The first kappa shape index (κ1) is 26.3. The predicted octanol–water partition coefficient (Wildman–Crippen LogP) is 5.93. The average molecular weight is 539 g/mol. The Morgan fingerprint density at radius 2 is 1.68 bits per heavy atom. The summed E-state index contributed by atoms with van der Waals surface area (Å²) in [6.07, 6.45) is -0.0727. The molecule has 1 aromatic heterocycles. The molecule has 0 saturated carbocycles. The van der Waals surface area contributed by atoms with Gasteiger partial charge in [-0.05, 0) is 54.4 Å². The summed E-state index contributed by atoms with van der Waals surface area (Å²) in [5.41, 5.74) is 0.673. The van der Waals surface area contributed by atoms with Gasteiger partial charge < -0.3 is 9.80 Å². The number of piperazine rings is 1. The first-order valence-electron chi connectivity index (χ1n) is 12.7. The van der Waals surface area contributed by atoms with Crippen LogP contribution in [0.1, 0.15) is 28.5 Å². The Morgan fingerprint density at radius 1 is 0.921 bits per heavy atom. The van der Waals surface area contributed by atoms with Gasteiger partial charge in [-0.25, -0.2) is 4.98 Å². The van der Waals surface area contributed by atoms with Crippen LogP contribution in [0.2, 0.25) is 0 Å². The van der Waals surface area contributed by atoms with E-state index in [2.05, 4.69) is 14.8 Å². The van der Waals surface area contributed by atoms with Gasteiger partial charge in [0.2, 0.25) is 0 Å². The molecule has 198 valence electrons. The van der Waals surface area contributed by atoms with Crippen LogP contribution in [0.25, 0.3) is 6.08 Å². The van der Waals surface area contributed by atoms with Crippen LogP contribution in [0.4, 0.5) is 19.0 Å². The number of alkyl halides is 3. The fourth-order valence-electron chi connectivity index (χ4n) is 4.82. The molecule has 2 saturated heterocycles. The maximum Gasteiger partial charge on any atom is 0.416 e. The van der Waals surface area contributed by atoms with Crippen LogP contribution in [0, 0.1) is 0 Å². The minimum atomic E-state index is -4.44. The molecule has 1 amide bonds. The number of pyridine rings is 1. The van der Waals surface area contributed by atoms with Crippen LogP contribution in [-0.4, -0.2) is 60.0 Å². The molecule has 2 aliphatic heterocycles. The maximum absolute atomic E-state index is 13.4. The van der Waals surface area contributed by atoms with Crippen molar-refractivity contribution in [2.45, 2.75) is 18.0 Å². The van der Waals surface area contributed by atoms with Crippen molar-refractivity contribution in [2.75, 3.05) is 44.2 Å². The molecule has 5 rings (SSSR count). The number of amides is 1. The van der Waals surface area contributed by atoms with E-state index in [4.69, 9.17) is 0 Å². The van der Waals surface area contributed by atoms with Gasteiger partial charge in [-0.15, -0.1) is 0 Å². The zero-order valence-corrected chi connectivity index (χ0v) is 21.7. The molecule has 2 aromatic carbocycles. The first-order chi connectivity index (χ1) is 18.4. The maximum atomic E-state index is 13.4. The number of halogens is 3. The number of hydrogen-bond acceptors (Lipinski definition) is 5. The van der Waals surface area contributed by atoms with Crippen molar-refractivity contribution in [3.63, 3.8) is 0 Å². The molecule has 0 bridgehead atoms. The Labute approximate surface area is 225 Å². The van der Waals surface area contributed by atoms with Gasteiger partial charge in [0.15, 0.2) is 0 Å². The van der Waals surface area contributed by atoms with E-state index in [9.17, 15) is 18.0 Å². The molecular formula is C29H29F3N4OS. The highest BCUT2D eigenvalue weighted by Gasteiger charge is 2.38. The molecular weight excluding hydrogens is 509 g/mol. The summed E-state index contributed by atoms with van der Waals surface area (Å²) in [5, 5.41) is -0.499. The summed E-state index contributed by atoms with van der Waals surface area (Å²) in [6.45, 7) is 4.85. The lowest BCUT2D eigenvalue weighted by molar-refractivity contribution is -0.137. The molecule has 3 heterocycles. The molecule has 9 heteroatoms. The van der Waals surface area contributed by atoms with E-state index in [-0.39, 0.29) is 5.91 Å². The van der Waals surface area contributed by atoms with Crippen molar-refractivity contribution < 1.29 is 18.0 Å². The Balaban J connectivity index is 1.27. The minimum Gasteiger partial charge on any atom is -0.354 e. The van der Waals surface area contributed by atoms with E-state index in [1.165, 1.54) is 23.9 Å². The second-order valence-electron chi connectivity index (χ2n) is 9.38. The highest BCUT2D eigenvalue weighted by atomic mass is 32.2. The Morgan fingerprint density at radius 3 is 2.39 bits per heavy atom. The van der Waals surface area contributed by atoms with Crippen molar-refractivity contribution in [3.8, 4) is 0 Å². The molecule has 38 heavy (non-hydrogen) atoms. The van der Waals surface area contributed by atoms with E-state index in [1.807, 2.05) is 54.6 Å². The number of carbonyl (C=O) groups is 1. The second-order valence-corrected chi connectivity index (χ2v) is 10.5. The van der Waals surface area contributed by atoms with E-state index >= 15 is 0 Å².